The molecule has 0 fully saturated rings. The van der Waals surface area contributed by atoms with Crippen molar-refractivity contribution < 1.29 is 9.15 Å². The van der Waals surface area contributed by atoms with Crippen molar-refractivity contribution in [2.75, 3.05) is 19.0 Å². The first-order valence-electron chi connectivity index (χ1n) is 6.44. The maximum absolute atomic E-state index is 5.55. The predicted octanol–water partition coefficient (Wildman–Crippen LogP) is 2.66. The molecule has 104 valence electrons. The van der Waals surface area contributed by atoms with Gasteiger partial charge >= 0.3 is 0 Å². The maximum Gasteiger partial charge on any atom is 0.123 e. The molecule has 0 aromatic carbocycles. The van der Waals surface area contributed by atoms with E-state index in [-0.39, 0.29) is 0 Å². The van der Waals surface area contributed by atoms with Crippen molar-refractivity contribution in [3.8, 4) is 0 Å². The van der Waals surface area contributed by atoms with E-state index in [0.717, 1.165) is 35.1 Å². The summed E-state index contributed by atoms with van der Waals surface area (Å²) in [6, 6.07) is 3.96. The van der Waals surface area contributed by atoms with Gasteiger partial charge in [0.25, 0.3) is 0 Å². The number of aryl methyl sites for hydroxylation is 2. The van der Waals surface area contributed by atoms with E-state index < -0.39 is 0 Å². The average Bonchev–Trinajstić information content (AvgIpc) is 2.90. The van der Waals surface area contributed by atoms with E-state index in [1.165, 1.54) is 0 Å². The van der Waals surface area contributed by atoms with E-state index in [2.05, 4.69) is 17.3 Å². The zero-order valence-electron chi connectivity index (χ0n) is 12.0. The van der Waals surface area contributed by atoms with Gasteiger partial charge in [-0.15, -0.1) is 0 Å². The molecule has 0 saturated heterocycles. The van der Waals surface area contributed by atoms with Crippen LogP contribution in [0.5, 0.6) is 0 Å². The molecule has 2 rings (SSSR count). The van der Waals surface area contributed by atoms with Crippen LogP contribution in [0, 0.1) is 20.8 Å². The van der Waals surface area contributed by atoms with Gasteiger partial charge in [-0.25, -0.2) is 0 Å². The third kappa shape index (κ3) is 3.17. The Bertz CT molecular complexity index is 543. The lowest BCUT2D eigenvalue weighted by Gasteiger charge is -2.06. The van der Waals surface area contributed by atoms with Crippen LogP contribution in [0.15, 0.2) is 16.5 Å². The Morgan fingerprint density at radius 3 is 2.74 bits per heavy atom. The summed E-state index contributed by atoms with van der Waals surface area (Å²) >= 11 is 0. The Kier molecular flexibility index (Phi) is 4.27. The second kappa shape index (κ2) is 5.93. The Hall–Kier alpha value is -1.75. The third-order valence-electron chi connectivity index (χ3n) is 3.12. The van der Waals surface area contributed by atoms with Gasteiger partial charge in [0.15, 0.2) is 0 Å². The molecule has 2 aromatic heterocycles. The van der Waals surface area contributed by atoms with Gasteiger partial charge in [-0.2, -0.15) is 5.10 Å². The molecule has 0 aliphatic rings. The summed E-state index contributed by atoms with van der Waals surface area (Å²) < 4.78 is 12.6. The SMILES string of the molecule is COCCn1nc(C)c(NCc2ccc(C)o2)c1C. The first-order valence-corrected chi connectivity index (χ1v) is 6.44. The first-order chi connectivity index (χ1) is 9.11. The number of nitrogens with zero attached hydrogens (tertiary/aromatic N) is 2. The van der Waals surface area contributed by atoms with Crippen LogP contribution in [-0.4, -0.2) is 23.5 Å². The molecule has 2 aromatic rings. The number of ether oxygens (including phenoxy) is 1. The molecule has 0 saturated carbocycles. The van der Waals surface area contributed by atoms with Crippen molar-refractivity contribution >= 4 is 5.69 Å². The van der Waals surface area contributed by atoms with E-state index in [4.69, 9.17) is 9.15 Å². The Morgan fingerprint density at radius 2 is 2.11 bits per heavy atom. The van der Waals surface area contributed by atoms with Crippen LogP contribution in [-0.2, 0) is 17.8 Å². The molecule has 0 amide bonds. The number of aromatic nitrogens is 2. The molecule has 0 aliphatic heterocycles. The molecule has 2 heterocycles. The van der Waals surface area contributed by atoms with Crippen molar-refractivity contribution in [2.24, 2.45) is 0 Å². The van der Waals surface area contributed by atoms with Crippen molar-refractivity contribution in [1.82, 2.24) is 9.78 Å². The zero-order chi connectivity index (χ0) is 13.8. The van der Waals surface area contributed by atoms with E-state index >= 15 is 0 Å². The largest absolute Gasteiger partial charge is 0.465 e. The van der Waals surface area contributed by atoms with Crippen LogP contribution in [0.3, 0.4) is 0 Å². The number of nitrogens with one attached hydrogen (secondary N) is 1. The summed E-state index contributed by atoms with van der Waals surface area (Å²) in [7, 11) is 1.70. The van der Waals surface area contributed by atoms with Crippen molar-refractivity contribution in [3.05, 3.63) is 35.0 Å². The quantitative estimate of drug-likeness (QED) is 0.870. The second-order valence-electron chi connectivity index (χ2n) is 4.63. The number of methoxy groups -OCH3 is 1. The Labute approximate surface area is 113 Å². The van der Waals surface area contributed by atoms with E-state index in [1.807, 2.05) is 30.7 Å². The molecule has 5 heteroatoms. The monoisotopic (exact) mass is 263 g/mol. The second-order valence-corrected chi connectivity index (χ2v) is 4.63. The summed E-state index contributed by atoms with van der Waals surface area (Å²) in [5.74, 6) is 1.86. The van der Waals surface area contributed by atoms with Gasteiger partial charge in [-0.1, -0.05) is 0 Å². The Balaban J connectivity index is 2.05. The number of hydrogen-bond acceptors (Lipinski definition) is 4. The highest BCUT2D eigenvalue weighted by atomic mass is 16.5. The lowest BCUT2D eigenvalue weighted by molar-refractivity contribution is 0.182. The molecule has 0 bridgehead atoms. The van der Waals surface area contributed by atoms with Crippen LogP contribution in [0.1, 0.15) is 22.9 Å². The summed E-state index contributed by atoms with van der Waals surface area (Å²) in [6.07, 6.45) is 0. The van der Waals surface area contributed by atoms with Crippen LogP contribution in [0.2, 0.25) is 0 Å². The first kappa shape index (κ1) is 13.7. The average molecular weight is 263 g/mol. The fraction of sp³-hybridized carbons (Fsp3) is 0.500. The van der Waals surface area contributed by atoms with Crippen LogP contribution in [0.4, 0.5) is 5.69 Å². The minimum Gasteiger partial charge on any atom is -0.465 e. The van der Waals surface area contributed by atoms with Gasteiger partial charge in [0, 0.05) is 7.11 Å². The van der Waals surface area contributed by atoms with Gasteiger partial charge in [-0.05, 0) is 32.9 Å². The van der Waals surface area contributed by atoms with Gasteiger partial charge in [0.1, 0.15) is 11.5 Å². The number of hydrogen-bond donors (Lipinski definition) is 1. The summed E-state index contributed by atoms with van der Waals surface area (Å²) in [5, 5.41) is 7.90. The lowest BCUT2D eigenvalue weighted by atomic mass is 10.3. The highest BCUT2D eigenvalue weighted by Gasteiger charge is 2.11. The normalized spacial score (nSPS) is 10.9. The van der Waals surface area contributed by atoms with Gasteiger partial charge in [-0.3, -0.25) is 4.68 Å². The van der Waals surface area contributed by atoms with Crippen molar-refractivity contribution in [1.29, 1.82) is 0 Å². The summed E-state index contributed by atoms with van der Waals surface area (Å²) in [4.78, 5) is 0. The van der Waals surface area contributed by atoms with Crippen LogP contribution in [0.25, 0.3) is 0 Å². The number of anilines is 1. The van der Waals surface area contributed by atoms with Gasteiger partial charge in [0.2, 0.25) is 0 Å². The molecule has 19 heavy (non-hydrogen) atoms. The van der Waals surface area contributed by atoms with Gasteiger partial charge in [0.05, 0.1) is 36.8 Å². The predicted molar refractivity (Wildman–Crippen MR) is 74.3 cm³/mol. The van der Waals surface area contributed by atoms with Crippen molar-refractivity contribution in [3.63, 3.8) is 0 Å². The molecule has 5 nitrogen and oxygen atoms in total. The molecule has 0 unspecified atom stereocenters. The molecular formula is C14H21N3O2. The van der Waals surface area contributed by atoms with E-state index in [1.54, 1.807) is 7.11 Å². The fourth-order valence-corrected chi connectivity index (χ4v) is 2.10. The molecule has 0 radical (unpaired) electrons. The molecule has 0 atom stereocenters. The lowest BCUT2D eigenvalue weighted by Crippen LogP contribution is -2.08. The highest BCUT2D eigenvalue weighted by molar-refractivity contribution is 5.52. The number of rotatable bonds is 6. The fourth-order valence-electron chi connectivity index (χ4n) is 2.10. The molecule has 0 spiro atoms. The zero-order valence-corrected chi connectivity index (χ0v) is 12.0. The highest BCUT2D eigenvalue weighted by Crippen LogP contribution is 2.20. The topological polar surface area (TPSA) is 52.2 Å². The van der Waals surface area contributed by atoms with Gasteiger partial charge < -0.3 is 14.5 Å². The third-order valence-corrected chi connectivity index (χ3v) is 3.12. The standard InChI is InChI=1S/C14H21N3O2/c1-10-5-6-13(19-10)9-15-14-11(2)16-17(12(14)3)7-8-18-4/h5-6,15H,7-9H2,1-4H3. The molecule has 0 aliphatic carbocycles. The van der Waals surface area contributed by atoms with Crippen molar-refractivity contribution in [2.45, 2.75) is 33.9 Å². The van der Waals surface area contributed by atoms with Crippen LogP contribution < -0.4 is 5.32 Å². The smallest absolute Gasteiger partial charge is 0.123 e. The Morgan fingerprint density at radius 1 is 1.32 bits per heavy atom. The minimum atomic E-state index is 0.665. The van der Waals surface area contributed by atoms with E-state index in [9.17, 15) is 0 Å². The summed E-state index contributed by atoms with van der Waals surface area (Å²) in [6.45, 7) is 8.12. The molecular weight excluding hydrogens is 242 g/mol. The summed E-state index contributed by atoms with van der Waals surface area (Å²) in [5.41, 5.74) is 3.19. The molecule has 1 N–H and O–H groups in total. The van der Waals surface area contributed by atoms with Crippen LogP contribution >= 0.6 is 0 Å². The van der Waals surface area contributed by atoms with E-state index in [0.29, 0.717) is 13.2 Å². The number of furan rings is 1. The maximum atomic E-state index is 5.55. The minimum absolute atomic E-state index is 0.665.